The quantitative estimate of drug-likeness (QED) is 0.258. The average molecular weight is 494 g/mol. The standard InChI is InChI=1S/C25H27N5O6/c1-15-8-6-7-11-19(15)36-14-17(31)13-30-20-21(29(2)25(35)28-22(20)32)27-24(30)26-18(23(33)34)12-16-9-4-3-5-10-16/h3-11,17-18,31H,12-14H2,1-2H3,(H,26,27)(H,33,34)(H,28,32,35)/t17-,18+/m1/s1. The number of aromatic nitrogens is 4. The van der Waals surface area contributed by atoms with Crippen LogP contribution in [0.5, 0.6) is 5.75 Å². The minimum absolute atomic E-state index is 0.0263. The van der Waals surface area contributed by atoms with Crippen LogP contribution in [0.25, 0.3) is 11.2 Å². The molecule has 4 rings (SSSR count). The second-order valence-corrected chi connectivity index (χ2v) is 8.49. The van der Waals surface area contributed by atoms with E-state index in [1.807, 2.05) is 55.5 Å². The summed E-state index contributed by atoms with van der Waals surface area (Å²) in [4.78, 5) is 43.5. The van der Waals surface area contributed by atoms with E-state index in [2.05, 4.69) is 15.3 Å². The van der Waals surface area contributed by atoms with Gasteiger partial charge in [0.2, 0.25) is 5.95 Å². The summed E-state index contributed by atoms with van der Waals surface area (Å²) in [6, 6.07) is 15.3. The maximum Gasteiger partial charge on any atom is 0.329 e. The lowest BCUT2D eigenvalue weighted by molar-refractivity contribution is -0.137. The number of aliphatic hydroxyl groups is 1. The van der Waals surface area contributed by atoms with Gasteiger partial charge in [0.25, 0.3) is 5.56 Å². The highest BCUT2D eigenvalue weighted by atomic mass is 16.5. The zero-order valence-corrected chi connectivity index (χ0v) is 19.8. The number of aryl methyl sites for hydroxylation is 2. The molecule has 4 aromatic rings. The van der Waals surface area contributed by atoms with Crippen LogP contribution >= 0.6 is 0 Å². The smallest absolute Gasteiger partial charge is 0.329 e. The van der Waals surface area contributed by atoms with E-state index in [1.54, 1.807) is 6.07 Å². The molecule has 36 heavy (non-hydrogen) atoms. The molecule has 2 aromatic carbocycles. The second kappa shape index (κ2) is 10.5. The molecule has 2 heterocycles. The number of para-hydroxylation sites is 1. The topological polar surface area (TPSA) is 151 Å². The van der Waals surface area contributed by atoms with Gasteiger partial charge in [0.05, 0.1) is 6.54 Å². The summed E-state index contributed by atoms with van der Waals surface area (Å²) in [6.45, 7) is 1.66. The Bertz CT molecular complexity index is 1490. The first-order valence-electron chi connectivity index (χ1n) is 11.3. The Labute approximate surface area is 205 Å². The van der Waals surface area contributed by atoms with Gasteiger partial charge in [-0.15, -0.1) is 0 Å². The molecule has 0 saturated carbocycles. The molecule has 4 N–H and O–H groups in total. The van der Waals surface area contributed by atoms with Crippen molar-refractivity contribution in [3.63, 3.8) is 0 Å². The Hall–Kier alpha value is -4.38. The summed E-state index contributed by atoms with van der Waals surface area (Å²) < 4.78 is 8.26. The molecule has 0 aliphatic rings. The van der Waals surface area contributed by atoms with Gasteiger partial charge in [-0.05, 0) is 24.1 Å². The Morgan fingerprint density at radius 3 is 2.53 bits per heavy atom. The summed E-state index contributed by atoms with van der Waals surface area (Å²) in [6.07, 6.45) is -0.926. The lowest BCUT2D eigenvalue weighted by Gasteiger charge is -2.19. The van der Waals surface area contributed by atoms with E-state index in [9.17, 15) is 24.6 Å². The molecule has 0 amide bonds. The number of nitrogens with one attached hydrogen (secondary N) is 2. The molecule has 0 aliphatic heterocycles. The van der Waals surface area contributed by atoms with Gasteiger partial charge < -0.3 is 24.8 Å². The Balaban J connectivity index is 1.67. The molecule has 0 radical (unpaired) electrons. The number of carboxylic acid groups (broad SMARTS) is 1. The fraction of sp³-hybridized carbons (Fsp3) is 0.280. The molecule has 188 valence electrons. The molecule has 11 heteroatoms. The van der Waals surface area contributed by atoms with E-state index in [4.69, 9.17) is 4.74 Å². The van der Waals surface area contributed by atoms with Crippen LogP contribution in [0.3, 0.4) is 0 Å². The van der Waals surface area contributed by atoms with Gasteiger partial charge in [0.1, 0.15) is 24.5 Å². The number of hydrogen-bond acceptors (Lipinski definition) is 7. The summed E-state index contributed by atoms with van der Waals surface area (Å²) in [7, 11) is 1.44. The minimum atomic E-state index is -1.12. The number of aliphatic hydroxyl groups excluding tert-OH is 1. The van der Waals surface area contributed by atoms with Crippen molar-refractivity contribution in [3.05, 3.63) is 86.6 Å². The first kappa shape index (κ1) is 24.7. The summed E-state index contributed by atoms with van der Waals surface area (Å²) >= 11 is 0. The molecule has 0 saturated heterocycles. The van der Waals surface area contributed by atoms with Gasteiger partial charge >= 0.3 is 11.7 Å². The minimum Gasteiger partial charge on any atom is -0.491 e. The Kier molecular flexibility index (Phi) is 7.20. The second-order valence-electron chi connectivity index (χ2n) is 8.49. The highest BCUT2D eigenvalue weighted by Gasteiger charge is 2.25. The van der Waals surface area contributed by atoms with Gasteiger partial charge in [-0.1, -0.05) is 48.5 Å². The molecule has 0 unspecified atom stereocenters. The maximum absolute atomic E-state index is 12.7. The van der Waals surface area contributed by atoms with E-state index in [0.717, 1.165) is 15.7 Å². The van der Waals surface area contributed by atoms with Gasteiger partial charge in [0, 0.05) is 13.5 Å². The number of hydrogen-bond donors (Lipinski definition) is 4. The molecular weight excluding hydrogens is 466 g/mol. The van der Waals surface area contributed by atoms with Crippen LogP contribution in [0.1, 0.15) is 11.1 Å². The molecule has 0 aliphatic carbocycles. The molecule has 2 aromatic heterocycles. The lowest BCUT2D eigenvalue weighted by Crippen LogP contribution is -2.34. The van der Waals surface area contributed by atoms with Crippen molar-refractivity contribution in [2.24, 2.45) is 7.05 Å². The molecular formula is C25H27N5O6. The van der Waals surface area contributed by atoms with Crippen LogP contribution in [0.15, 0.2) is 64.2 Å². The fourth-order valence-corrected chi connectivity index (χ4v) is 3.90. The van der Waals surface area contributed by atoms with E-state index in [0.29, 0.717) is 5.75 Å². The Morgan fingerprint density at radius 1 is 1.14 bits per heavy atom. The molecule has 0 bridgehead atoms. The summed E-state index contributed by atoms with van der Waals surface area (Å²) in [5.74, 6) is -0.474. The largest absolute Gasteiger partial charge is 0.491 e. The zero-order valence-electron chi connectivity index (χ0n) is 19.8. The number of rotatable bonds is 10. The van der Waals surface area contributed by atoms with E-state index in [1.165, 1.54) is 11.6 Å². The third-order valence-corrected chi connectivity index (χ3v) is 5.81. The molecule has 0 spiro atoms. The number of carbonyl (C=O) groups is 1. The SMILES string of the molecule is Cc1ccccc1OC[C@H](O)Cn1c(N[C@@H](Cc2ccccc2)C(=O)O)nc2c1c(=O)[nH]c(=O)n2C. The maximum atomic E-state index is 12.7. The first-order valence-corrected chi connectivity index (χ1v) is 11.3. The number of H-pyrrole nitrogens is 1. The van der Waals surface area contributed by atoms with Crippen LogP contribution in [0.2, 0.25) is 0 Å². The van der Waals surface area contributed by atoms with Gasteiger partial charge in [-0.2, -0.15) is 4.98 Å². The number of aliphatic carboxylic acids is 1. The van der Waals surface area contributed by atoms with Crippen molar-refractivity contribution < 1.29 is 19.7 Å². The van der Waals surface area contributed by atoms with Crippen LogP contribution in [0.4, 0.5) is 5.95 Å². The van der Waals surface area contributed by atoms with Crippen molar-refractivity contribution in [1.82, 2.24) is 19.1 Å². The zero-order chi connectivity index (χ0) is 25.8. The number of anilines is 1. The molecule has 2 atom stereocenters. The van der Waals surface area contributed by atoms with E-state index < -0.39 is 29.4 Å². The van der Waals surface area contributed by atoms with Crippen LogP contribution < -0.4 is 21.3 Å². The van der Waals surface area contributed by atoms with E-state index >= 15 is 0 Å². The van der Waals surface area contributed by atoms with Gasteiger partial charge in [-0.25, -0.2) is 9.59 Å². The number of ether oxygens (including phenoxy) is 1. The number of nitrogens with zero attached hydrogens (tertiary/aromatic N) is 3. The van der Waals surface area contributed by atoms with Crippen molar-refractivity contribution in [2.45, 2.75) is 32.0 Å². The van der Waals surface area contributed by atoms with E-state index in [-0.39, 0.29) is 36.7 Å². The Morgan fingerprint density at radius 2 is 1.83 bits per heavy atom. The number of benzene rings is 2. The number of aromatic amines is 1. The number of imidazole rings is 1. The summed E-state index contributed by atoms with van der Waals surface area (Å²) in [5, 5.41) is 23.5. The third kappa shape index (κ3) is 5.31. The van der Waals surface area contributed by atoms with Crippen LogP contribution in [-0.2, 0) is 24.8 Å². The van der Waals surface area contributed by atoms with Crippen molar-refractivity contribution in [2.75, 3.05) is 11.9 Å². The fourth-order valence-electron chi connectivity index (χ4n) is 3.90. The van der Waals surface area contributed by atoms with Crippen LogP contribution in [-0.4, -0.2) is 54.0 Å². The van der Waals surface area contributed by atoms with Gasteiger partial charge in [0.15, 0.2) is 11.2 Å². The number of fused-ring (bicyclic) bond motifs is 1. The summed E-state index contributed by atoms with van der Waals surface area (Å²) in [5.41, 5.74) is 0.413. The predicted octanol–water partition coefficient (Wildman–Crippen LogP) is 1.28. The highest BCUT2D eigenvalue weighted by molar-refractivity contribution is 5.79. The first-order chi connectivity index (χ1) is 17.2. The van der Waals surface area contributed by atoms with Crippen molar-refractivity contribution in [3.8, 4) is 5.75 Å². The van der Waals surface area contributed by atoms with Crippen molar-refractivity contribution >= 4 is 23.1 Å². The van der Waals surface area contributed by atoms with Crippen LogP contribution in [0, 0.1) is 6.92 Å². The molecule has 11 nitrogen and oxygen atoms in total. The number of carboxylic acids is 1. The van der Waals surface area contributed by atoms with Crippen molar-refractivity contribution in [1.29, 1.82) is 0 Å². The predicted molar refractivity (Wildman–Crippen MR) is 133 cm³/mol. The monoisotopic (exact) mass is 493 g/mol. The normalized spacial score (nSPS) is 12.9. The average Bonchev–Trinajstić information content (AvgIpc) is 3.20. The molecule has 0 fully saturated rings. The third-order valence-electron chi connectivity index (χ3n) is 5.81. The highest BCUT2D eigenvalue weighted by Crippen LogP contribution is 2.20. The van der Waals surface area contributed by atoms with Gasteiger partial charge in [-0.3, -0.25) is 14.3 Å². The lowest BCUT2D eigenvalue weighted by atomic mass is 10.1.